The minimum absolute atomic E-state index is 0.189. The standard InChI is InChI=1S/C32H44N6O9S/c39-27-7-3-23(4-8-27)9-10-33-32(48)34-25-5-1-24(2-6-25)17-26-18-37(21-30(44)45)14-13-35(19-28(40)41)11-12-36(20-29(42)43)15-16-38(26)22-31(46)47/h1-8,26,39H,9-22H2,(H,40,41)(H,42,43)(H,44,45)(H,46,47)(H2,33,34,48). The molecule has 1 aliphatic rings. The van der Waals surface area contributed by atoms with Gasteiger partial charge in [0, 0.05) is 64.1 Å². The largest absolute Gasteiger partial charge is 0.508 e. The van der Waals surface area contributed by atoms with Crippen LogP contribution in [-0.2, 0) is 32.0 Å². The second-order valence-electron chi connectivity index (χ2n) is 11.7. The van der Waals surface area contributed by atoms with Crippen molar-refractivity contribution in [3.63, 3.8) is 0 Å². The summed E-state index contributed by atoms with van der Waals surface area (Å²) in [5.41, 5.74) is 2.65. The van der Waals surface area contributed by atoms with Gasteiger partial charge in [-0.1, -0.05) is 24.3 Å². The van der Waals surface area contributed by atoms with Crippen molar-refractivity contribution in [2.75, 3.05) is 83.9 Å². The number of carbonyl (C=O) groups is 4. The van der Waals surface area contributed by atoms with Gasteiger partial charge in [-0.05, 0) is 60.5 Å². The highest BCUT2D eigenvalue weighted by atomic mass is 32.1. The lowest BCUT2D eigenvalue weighted by atomic mass is 10.0. The van der Waals surface area contributed by atoms with E-state index in [4.69, 9.17) is 12.2 Å². The van der Waals surface area contributed by atoms with Crippen LogP contribution in [0.1, 0.15) is 11.1 Å². The molecule has 1 heterocycles. The van der Waals surface area contributed by atoms with E-state index in [9.17, 15) is 44.7 Å². The highest BCUT2D eigenvalue weighted by Crippen LogP contribution is 2.16. The number of aromatic hydroxyl groups is 1. The molecular formula is C32H44N6O9S. The fourth-order valence-electron chi connectivity index (χ4n) is 5.51. The summed E-state index contributed by atoms with van der Waals surface area (Å²) in [6.07, 6.45) is 1.08. The second kappa shape index (κ2) is 19.5. The number of phenols is 1. The van der Waals surface area contributed by atoms with Gasteiger partial charge >= 0.3 is 23.9 Å². The summed E-state index contributed by atoms with van der Waals surface area (Å²) in [6, 6.07) is 13.9. The predicted molar refractivity (Wildman–Crippen MR) is 181 cm³/mol. The van der Waals surface area contributed by atoms with Gasteiger partial charge in [0.05, 0.1) is 26.2 Å². The number of carboxylic acid groups (broad SMARTS) is 4. The SMILES string of the molecule is O=C(O)CN1CCN(CC(=O)O)CCN(CC(=O)O)C(Cc2ccc(NC(=S)NCCc3ccc(O)cc3)cc2)CN(CC(=O)O)CC1. The van der Waals surface area contributed by atoms with Crippen molar-refractivity contribution < 1.29 is 44.7 Å². The zero-order valence-corrected chi connectivity index (χ0v) is 27.5. The molecule has 0 bridgehead atoms. The summed E-state index contributed by atoms with van der Waals surface area (Å²) in [6.45, 7) is 0.912. The van der Waals surface area contributed by atoms with Crippen molar-refractivity contribution in [2.24, 2.45) is 0 Å². The average Bonchev–Trinajstić information content (AvgIpc) is 3.00. The Morgan fingerprint density at radius 1 is 0.667 bits per heavy atom. The fraction of sp³-hybridized carbons (Fsp3) is 0.469. The smallest absolute Gasteiger partial charge is 0.317 e. The van der Waals surface area contributed by atoms with E-state index >= 15 is 0 Å². The zero-order chi connectivity index (χ0) is 35.1. The molecular weight excluding hydrogens is 644 g/mol. The average molecular weight is 689 g/mol. The third-order valence-electron chi connectivity index (χ3n) is 7.89. The molecule has 2 aromatic carbocycles. The van der Waals surface area contributed by atoms with E-state index in [2.05, 4.69) is 10.6 Å². The van der Waals surface area contributed by atoms with E-state index in [1.165, 1.54) is 0 Å². The van der Waals surface area contributed by atoms with Crippen molar-refractivity contribution in [3.8, 4) is 5.75 Å². The third-order valence-corrected chi connectivity index (χ3v) is 8.13. The number of hydrogen-bond acceptors (Lipinski definition) is 10. The molecule has 0 amide bonds. The number of nitrogens with zero attached hydrogens (tertiary/aromatic N) is 4. The summed E-state index contributed by atoms with van der Waals surface area (Å²) in [5, 5.41) is 54.5. The molecule has 0 spiro atoms. The van der Waals surface area contributed by atoms with Crippen LogP contribution in [0.15, 0.2) is 48.5 Å². The van der Waals surface area contributed by atoms with E-state index < -0.39 is 29.9 Å². The predicted octanol–water partition coefficient (Wildman–Crippen LogP) is 0.392. The van der Waals surface area contributed by atoms with Gasteiger partial charge in [-0.3, -0.25) is 38.8 Å². The number of anilines is 1. The summed E-state index contributed by atoms with van der Waals surface area (Å²) in [5.74, 6) is -4.03. The van der Waals surface area contributed by atoms with Gasteiger partial charge in [0.1, 0.15) is 5.75 Å². The van der Waals surface area contributed by atoms with Gasteiger partial charge in [0.15, 0.2) is 5.11 Å². The molecule has 16 heteroatoms. The fourth-order valence-corrected chi connectivity index (χ4v) is 5.73. The third kappa shape index (κ3) is 14.6. The first kappa shape index (κ1) is 38.1. The summed E-state index contributed by atoms with van der Waals surface area (Å²) < 4.78 is 0. The minimum Gasteiger partial charge on any atom is -0.508 e. The number of nitrogens with one attached hydrogen (secondary N) is 2. The Balaban J connectivity index is 1.75. The summed E-state index contributed by atoms with van der Waals surface area (Å²) in [7, 11) is 0. The lowest BCUT2D eigenvalue weighted by Gasteiger charge is -2.37. The molecule has 0 radical (unpaired) electrons. The maximum atomic E-state index is 12.0. The maximum absolute atomic E-state index is 12.0. The molecule has 1 aliphatic heterocycles. The van der Waals surface area contributed by atoms with Crippen LogP contribution in [0.2, 0.25) is 0 Å². The zero-order valence-electron chi connectivity index (χ0n) is 26.7. The monoisotopic (exact) mass is 688 g/mol. The van der Waals surface area contributed by atoms with Crippen LogP contribution >= 0.6 is 12.2 Å². The minimum atomic E-state index is -1.07. The van der Waals surface area contributed by atoms with Gasteiger partial charge < -0.3 is 36.2 Å². The summed E-state index contributed by atoms with van der Waals surface area (Å²) >= 11 is 5.42. The van der Waals surface area contributed by atoms with Crippen LogP contribution in [0.5, 0.6) is 5.75 Å². The first-order valence-corrected chi connectivity index (χ1v) is 16.0. The van der Waals surface area contributed by atoms with Crippen LogP contribution in [-0.4, -0.2) is 159 Å². The van der Waals surface area contributed by atoms with Crippen molar-refractivity contribution in [2.45, 2.75) is 18.9 Å². The normalized spacial score (nSPS) is 17.5. The summed E-state index contributed by atoms with van der Waals surface area (Å²) in [4.78, 5) is 53.6. The first-order chi connectivity index (χ1) is 22.9. The van der Waals surface area contributed by atoms with E-state index in [0.29, 0.717) is 24.5 Å². The van der Waals surface area contributed by atoms with Crippen LogP contribution < -0.4 is 10.6 Å². The molecule has 0 aliphatic carbocycles. The second-order valence-corrected chi connectivity index (χ2v) is 12.1. The Bertz CT molecular complexity index is 1380. The Labute approximate surface area is 284 Å². The lowest BCUT2D eigenvalue weighted by molar-refractivity contribution is -0.142. The molecule has 1 atom stereocenters. The van der Waals surface area contributed by atoms with Crippen molar-refractivity contribution in [3.05, 3.63) is 59.7 Å². The highest BCUT2D eigenvalue weighted by molar-refractivity contribution is 7.80. The molecule has 1 saturated heterocycles. The molecule has 15 nitrogen and oxygen atoms in total. The van der Waals surface area contributed by atoms with Crippen LogP contribution in [0.25, 0.3) is 0 Å². The number of rotatable bonds is 14. The molecule has 1 fully saturated rings. The number of hydrogen-bond donors (Lipinski definition) is 7. The molecule has 0 saturated carbocycles. The molecule has 48 heavy (non-hydrogen) atoms. The van der Waals surface area contributed by atoms with Crippen LogP contribution in [0.3, 0.4) is 0 Å². The number of thiocarbonyl (C=S) groups is 1. The number of carboxylic acids is 4. The van der Waals surface area contributed by atoms with Gasteiger partial charge in [0.2, 0.25) is 0 Å². The van der Waals surface area contributed by atoms with E-state index in [1.807, 2.05) is 36.4 Å². The lowest BCUT2D eigenvalue weighted by Crippen LogP contribution is -2.53. The quantitative estimate of drug-likeness (QED) is 0.134. The van der Waals surface area contributed by atoms with Crippen molar-refractivity contribution >= 4 is 46.9 Å². The van der Waals surface area contributed by atoms with Crippen LogP contribution in [0.4, 0.5) is 5.69 Å². The Morgan fingerprint density at radius 3 is 1.69 bits per heavy atom. The topological polar surface area (TPSA) is 206 Å². The Kier molecular flexibility index (Phi) is 15.5. The first-order valence-electron chi connectivity index (χ1n) is 15.6. The van der Waals surface area contributed by atoms with E-state index in [1.54, 1.807) is 31.7 Å². The van der Waals surface area contributed by atoms with Crippen LogP contribution in [0, 0.1) is 0 Å². The molecule has 0 aromatic heterocycles. The van der Waals surface area contributed by atoms with Gasteiger partial charge in [-0.25, -0.2) is 0 Å². The van der Waals surface area contributed by atoms with E-state index in [-0.39, 0.29) is 77.7 Å². The maximum Gasteiger partial charge on any atom is 0.317 e. The Morgan fingerprint density at radius 2 is 1.15 bits per heavy atom. The van der Waals surface area contributed by atoms with Gasteiger partial charge in [0.25, 0.3) is 0 Å². The van der Waals surface area contributed by atoms with Crippen molar-refractivity contribution in [1.29, 1.82) is 0 Å². The molecule has 7 N–H and O–H groups in total. The highest BCUT2D eigenvalue weighted by Gasteiger charge is 2.27. The number of aliphatic carboxylic acids is 4. The Hall–Kier alpha value is -4.35. The van der Waals surface area contributed by atoms with E-state index in [0.717, 1.165) is 16.8 Å². The van der Waals surface area contributed by atoms with Gasteiger partial charge in [-0.2, -0.15) is 0 Å². The molecule has 3 rings (SSSR count). The van der Waals surface area contributed by atoms with Crippen molar-refractivity contribution in [1.82, 2.24) is 24.9 Å². The molecule has 2 aromatic rings. The molecule has 1 unspecified atom stereocenters. The van der Waals surface area contributed by atoms with Gasteiger partial charge in [-0.15, -0.1) is 0 Å². The molecule has 262 valence electrons. The number of benzene rings is 2. The number of phenolic OH excluding ortho intramolecular Hbond substituents is 1.